The van der Waals surface area contributed by atoms with Crippen LogP contribution >= 0.6 is 22.6 Å². The highest BCUT2D eigenvalue weighted by molar-refractivity contribution is 14.1. The summed E-state index contributed by atoms with van der Waals surface area (Å²) in [7, 11) is 0. The third-order valence-corrected chi connectivity index (χ3v) is 2.77. The van der Waals surface area contributed by atoms with Crippen molar-refractivity contribution in [1.29, 1.82) is 0 Å². The third-order valence-electron chi connectivity index (χ3n) is 1.69. The third kappa shape index (κ3) is 2.46. The summed E-state index contributed by atoms with van der Waals surface area (Å²) in [6.45, 7) is 0.0101. The molecule has 0 heterocycles. The van der Waals surface area contributed by atoms with E-state index in [0.717, 1.165) is 0 Å². The summed E-state index contributed by atoms with van der Waals surface area (Å²) in [5.41, 5.74) is -1.11. The van der Waals surface area contributed by atoms with E-state index < -0.39 is 19.1 Å². The largest absolute Gasteiger partial charge is 0.0629 e. The van der Waals surface area contributed by atoms with Crippen LogP contribution in [0.1, 0.15) is 48.4 Å². The first-order chi connectivity index (χ1) is 9.10. The van der Waals surface area contributed by atoms with E-state index >= 15 is 0 Å². The Morgan fingerprint density at radius 3 is 2.00 bits per heavy atom. The maximum absolute atomic E-state index is 8.17. The highest BCUT2D eigenvalue weighted by Crippen LogP contribution is 2.27. The van der Waals surface area contributed by atoms with Gasteiger partial charge < -0.3 is 0 Å². The van der Waals surface area contributed by atoms with Gasteiger partial charge in [-0.1, -0.05) is 32.9 Å². The summed E-state index contributed by atoms with van der Waals surface area (Å²) in [5, 5.41) is 0. The molecule has 0 N–H and O–H groups in total. The molecule has 0 saturated heterocycles. The van der Waals surface area contributed by atoms with Crippen LogP contribution in [0.2, 0.25) is 0 Å². The summed E-state index contributed by atoms with van der Waals surface area (Å²) in [6.07, 6.45) is 0. The molecule has 13 heavy (non-hydrogen) atoms. The first kappa shape index (κ1) is 4.21. The Morgan fingerprint density at radius 1 is 1.23 bits per heavy atom. The van der Waals surface area contributed by atoms with Crippen molar-refractivity contribution < 1.29 is 11.0 Å². The van der Waals surface area contributed by atoms with Crippen molar-refractivity contribution in [1.82, 2.24) is 0 Å². The zero-order chi connectivity index (χ0) is 17.0. The molecule has 0 fully saturated rings. The molecule has 0 nitrogen and oxygen atoms in total. The standard InChI is InChI=1S/C12H17I/c1-8-6-10(12(3,4)5)7-9(2)11(8)13/h6-7H,1-5H3/i1D3,2D3,6D,7D. The van der Waals surface area contributed by atoms with Gasteiger partial charge >= 0.3 is 0 Å². The van der Waals surface area contributed by atoms with Crippen LogP contribution in [0.15, 0.2) is 12.1 Å². The molecule has 0 amide bonds. The van der Waals surface area contributed by atoms with Gasteiger partial charge in [-0.2, -0.15) is 0 Å². The average Bonchev–Trinajstić information content (AvgIpc) is 2.07. The van der Waals surface area contributed by atoms with Crippen molar-refractivity contribution >= 4 is 22.6 Å². The minimum atomic E-state index is -2.60. The van der Waals surface area contributed by atoms with Crippen LogP contribution in [-0.4, -0.2) is 0 Å². The Morgan fingerprint density at radius 2 is 1.69 bits per heavy atom. The van der Waals surface area contributed by atoms with Gasteiger partial charge in [0.1, 0.15) is 0 Å². The van der Waals surface area contributed by atoms with E-state index in [1.165, 1.54) is 0 Å². The maximum atomic E-state index is 8.17. The fourth-order valence-electron chi connectivity index (χ4n) is 0.891. The zero-order valence-corrected chi connectivity index (χ0v) is 10.0. The van der Waals surface area contributed by atoms with Gasteiger partial charge in [-0.3, -0.25) is 0 Å². The second kappa shape index (κ2) is 3.60. The Bertz CT molecular complexity index is 461. The van der Waals surface area contributed by atoms with Crippen LogP contribution in [0.5, 0.6) is 0 Å². The van der Waals surface area contributed by atoms with Crippen LogP contribution < -0.4 is 0 Å². The molecule has 1 rings (SSSR count). The lowest BCUT2D eigenvalue weighted by molar-refractivity contribution is 0.589. The van der Waals surface area contributed by atoms with Gasteiger partial charge in [0.05, 0.1) is 2.74 Å². The van der Waals surface area contributed by atoms with Gasteiger partial charge in [0.25, 0.3) is 0 Å². The molecule has 0 unspecified atom stereocenters. The van der Waals surface area contributed by atoms with Crippen molar-refractivity contribution in [2.75, 3.05) is 0 Å². The van der Waals surface area contributed by atoms with Crippen molar-refractivity contribution in [3.8, 4) is 0 Å². The van der Waals surface area contributed by atoms with Crippen LogP contribution in [0.3, 0.4) is 0 Å². The van der Waals surface area contributed by atoms with Crippen LogP contribution in [-0.2, 0) is 5.41 Å². The molecular weight excluding hydrogens is 271 g/mol. The molecule has 0 bridgehead atoms. The number of hydrogen-bond acceptors (Lipinski definition) is 0. The Balaban J connectivity index is 4.04. The normalized spacial score (nSPS) is 22.8. The molecule has 1 heteroatoms. The highest BCUT2D eigenvalue weighted by Gasteiger charge is 2.15. The monoisotopic (exact) mass is 296 g/mol. The lowest BCUT2D eigenvalue weighted by atomic mass is 9.85. The van der Waals surface area contributed by atoms with Gasteiger partial charge in [-0.15, -0.1) is 0 Å². The molecule has 1 aromatic carbocycles. The lowest BCUT2D eigenvalue weighted by Crippen LogP contribution is -2.12. The van der Waals surface area contributed by atoms with Crippen LogP contribution in [0, 0.1) is 17.3 Å². The topological polar surface area (TPSA) is 0 Å². The van der Waals surface area contributed by atoms with Crippen molar-refractivity contribution in [3.05, 3.63) is 32.3 Å². The van der Waals surface area contributed by atoms with Gasteiger partial charge in [0.15, 0.2) is 0 Å². The highest BCUT2D eigenvalue weighted by atomic mass is 127. The summed E-state index contributed by atoms with van der Waals surface area (Å²) in [6, 6.07) is -0.519. The summed E-state index contributed by atoms with van der Waals surface area (Å²) in [5.74, 6) is 0. The van der Waals surface area contributed by atoms with Crippen LogP contribution in [0.4, 0.5) is 0 Å². The van der Waals surface area contributed by atoms with Gasteiger partial charge in [0, 0.05) is 11.8 Å². The quantitative estimate of drug-likeness (QED) is 0.629. The van der Waals surface area contributed by atoms with Gasteiger partial charge in [-0.05, 0) is 58.4 Å². The predicted molar refractivity (Wildman–Crippen MR) is 67.3 cm³/mol. The Hall–Kier alpha value is -0.0500. The molecule has 0 aliphatic rings. The zero-order valence-electron chi connectivity index (χ0n) is 15.9. The summed E-state index contributed by atoms with van der Waals surface area (Å²) >= 11 is 1.63. The Kier molecular flexibility index (Phi) is 1.17. The lowest BCUT2D eigenvalue weighted by Gasteiger charge is -2.21. The average molecular weight is 296 g/mol. The molecule has 0 aliphatic carbocycles. The molecule has 0 saturated carbocycles. The maximum Gasteiger partial charge on any atom is 0.0629 e. The number of benzene rings is 1. The molecule has 0 spiro atoms. The molecule has 72 valence electrons. The first-order valence-electron chi connectivity index (χ1n) is 7.94. The number of rotatable bonds is 0. The first-order valence-corrected chi connectivity index (χ1v) is 5.02. The van der Waals surface area contributed by atoms with Crippen LogP contribution in [0.25, 0.3) is 0 Å². The molecular formula is C12H17I. The summed E-state index contributed by atoms with van der Waals surface area (Å²) < 4.78 is 61.9. The molecule has 0 aliphatic heterocycles. The van der Waals surface area contributed by atoms with E-state index in [9.17, 15) is 0 Å². The minimum absolute atomic E-state index is 0.0319. The van der Waals surface area contributed by atoms with E-state index in [-0.39, 0.29) is 32.3 Å². The smallest absolute Gasteiger partial charge is 0.0561 e. The van der Waals surface area contributed by atoms with E-state index in [0.29, 0.717) is 0 Å². The van der Waals surface area contributed by atoms with E-state index in [1.54, 1.807) is 43.4 Å². The minimum Gasteiger partial charge on any atom is -0.0561 e. The van der Waals surface area contributed by atoms with Gasteiger partial charge in [-0.25, -0.2) is 0 Å². The molecule has 0 aromatic heterocycles. The molecule has 1 aromatic rings. The van der Waals surface area contributed by atoms with Crippen molar-refractivity contribution in [2.24, 2.45) is 0 Å². The molecule has 0 atom stereocenters. The second-order valence-corrected chi connectivity index (χ2v) is 5.02. The van der Waals surface area contributed by atoms with E-state index in [2.05, 4.69) is 0 Å². The summed E-state index contributed by atoms with van der Waals surface area (Å²) in [4.78, 5) is 0. The molecule has 0 radical (unpaired) electrons. The fourth-order valence-corrected chi connectivity index (χ4v) is 1.16. The number of hydrogen-bond donors (Lipinski definition) is 0. The number of halogens is 1. The SMILES string of the molecule is [2H]c1c(C([2H])([2H])[2H])c(I)c(C([2H])([2H])[2H])c([2H])c1C(C)(C)C. The van der Waals surface area contributed by atoms with E-state index in [1.807, 2.05) is 0 Å². The van der Waals surface area contributed by atoms with Crippen molar-refractivity contribution in [3.63, 3.8) is 0 Å². The van der Waals surface area contributed by atoms with Gasteiger partial charge in [0.2, 0.25) is 0 Å². The second-order valence-electron chi connectivity index (χ2n) is 3.94. The van der Waals surface area contributed by atoms with Crippen molar-refractivity contribution in [2.45, 2.75) is 39.9 Å². The fraction of sp³-hybridized carbons (Fsp3) is 0.500. The van der Waals surface area contributed by atoms with E-state index in [4.69, 9.17) is 11.0 Å². The predicted octanol–water partition coefficient (Wildman–Crippen LogP) is 4.21. The Labute approximate surface area is 106 Å².